The van der Waals surface area contributed by atoms with E-state index in [-0.39, 0.29) is 0 Å². The topological polar surface area (TPSA) is 29.3 Å². The Balaban J connectivity index is 1.31. The summed E-state index contributed by atoms with van der Waals surface area (Å²) in [5.41, 5.74) is 8.26. The van der Waals surface area contributed by atoms with E-state index < -0.39 is 0 Å². The number of benzene rings is 6. The van der Waals surface area contributed by atoms with Crippen LogP contribution in [0.1, 0.15) is 0 Å². The number of para-hydroxylation sites is 1. The summed E-state index contributed by atoms with van der Waals surface area (Å²) in [5, 5.41) is 5.63. The van der Waals surface area contributed by atoms with Crippen LogP contribution in [0.2, 0.25) is 0 Å². The largest absolute Gasteiger partial charge is 0.455 e. The number of nitrogens with zero attached hydrogens (tertiary/aromatic N) is 2. The maximum Gasteiger partial charge on any atom is 0.146 e. The van der Waals surface area contributed by atoms with Gasteiger partial charge in [-0.2, -0.15) is 0 Å². The van der Waals surface area contributed by atoms with Gasteiger partial charge in [0, 0.05) is 48.5 Å². The zero-order chi connectivity index (χ0) is 28.3. The zero-order valence-corrected chi connectivity index (χ0v) is 23.9. The summed E-state index contributed by atoms with van der Waals surface area (Å²) in [6.07, 6.45) is 1.96. The molecule has 0 N–H and O–H groups in total. The first kappa shape index (κ1) is 24.2. The van der Waals surface area contributed by atoms with Gasteiger partial charge in [-0.15, -0.1) is 11.3 Å². The molecule has 0 fully saturated rings. The molecule has 9 aromatic rings. The third-order valence-electron chi connectivity index (χ3n) is 8.30. The summed E-state index contributed by atoms with van der Waals surface area (Å²) in [6.45, 7) is 0. The van der Waals surface area contributed by atoms with Crippen LogP contribution < -0.4 is 4.90 Å². The number of thiophene rings is 1. The fraction of sp³-hybridized carbons (Fsp3) is 0. The van der Waals surface area contributed by atoms with Crippen molar-refractivity contribution >= 4 is 81.4 Å². The lowest BCUT2D eigenvalue weighted by molar-refractivity contribution is 0.672. The summed E-state index contributed by atoms with van der Waals surface area (Å²) in [6, 6.07) is 49.3. The maximum atomic E-state index is 6.56. The first-order valence-electron chi connectivity index (χ1n) is 14.4. The molecule has 0 saturated heterocycles. The van der Waals surface area contributed by atoms with Gasteiger partial charge < -0.3 is 9.32 Å². The van der Waals surface area contributed by atoms with Crippen LogP contribution in [-0.2, 0) is 0 Å². The minimum atomic E-state index is 0.846. The molecule has 3 heterocycles. The maximum absolute atomic E-state index is 6.56. The van der Waals surface area contributed by atoms with Gasteiger partial charge in [-0.3, -0.25) is 4.98 Å². The number of aromatic nitrogens is 1. The Morgan fingerprint density at radius 1 is 0.535 bits per heavy atom. The molecule has 0 radical (unpaired) electrons. The Morgan fingerprint density at radius 2 is 1.26 bits per heavy atom. The standard InChI is InChI=1S/C39H24N2OS/c1-2-9-25(10-3-1)26-17-19-27(20-18-26)41(28-21-22-37-31(23-28)29-11-5-7-16-36(29)43-37)34-14-8-15-35-38(34)32-24-40-33-13-6-4-12-30(33)39(32)42-35/h1-24H. The molecule has 0 aliphatic rings. The molecule has 0 aliphatic heterocycles. The van der Waals surface area contributed by atoms with Gasteiger partial charge in [-0.05, 0) is 71.8 Å². The van der Waals surface area contributed by atoms with Gasteiger partial charge in [0.1, 0.15) is 11.2 Å². The second-order valence-corrected chi connectivity index (χ2v) is 11.9. The van der Waals surface area contributed by atoms with E-state index in [1.807, 2.05) is 35.7 Å². The summed E-state index contributed by atoms with van der Waals surface area (Å²) in [7, 11) is 0. The van der Waals surface area contributed by atoms with E-state index in [2.05, 4.69) is 126 Å². The van der Waals surface area contributed by atoms with E-state index in [4.69, 9.17) is 9.40 Å². The van der Waals surface area contributed by atoms with E-state index in [0.717, 1.165) is 49.9 Å². The van der Waals surface area contributed by atoms with Gasteiger partial charge in [0.25, 0.3) is 0 Å². The van der Waals surface area contributed by atoms with Crippen molar-refractivity contribution in [1.82, 2.24) is 4.98 Å². The zero-order valence-electron chi connectivity index (χ0n) is 23.1. The van der Waals surface area contributed by atoms with Crippen LogP contribution >= 0.6 is 11.3 Å². The molecule has 0 atom stereocenters. The van der Waals surface area contributed by atoms with Gasteiger partial charge in [-0.25, -0.2) is 0 Å². The Morgan fingerprint density at radius 3 is 2.14 bits per heavy atom. The molecule has 0 bridgehead atoms. The lowest BCUT2D eigenvalue weighted by Crippen LogP contribution is -2.10. The van der Waals surface area contributed by atoms with Gasteiger partial charge in [-0.1, -0.05) is 78.9 Å². The van der Waals surface area contributed by atoms with Gasteiger partial charge in [0.15, 0.2) is 0 Å². The quantitative estimate of drug-likeness (QED) is 0.211. The molecule has 0 unspecified atom stereocenters. The highest BCUT2D eigenvalue weighted by Gasteiger charge is 2.21. The minimum absolute atomic E-state index is 0.846. The minimum Gasteiger partial charge on any atom is -0.455 e. The predicted octanol–water partition coefficient (Wildman–Crippen LogP) is 11.6. The van der Waals surface area contributed by atoms with Crippen molar-refractivity contribution in [1.29, 1.82) is 0 Å². The fourth-order valence-electron chi connectivity index (χ4n) is 6.29. The molecular formula is C39H24N2OS. The monoisotopic (exact) mass is 568 g/mol. The van der Waals surface area contributed by atoms with Crippen molar-refractivity contribution in [3.05, 3.63) is 146 Å². The Labute approximate surface area is 251 Å². The number of rotatable bonds is 4. The van der Waals surface area contributed by atoms with E-state index in [1.165, 1.54) is 31.3 Å². The number of hydrogen-bond acceptors (Lipinski definition) is 4. The summed E-state index contributed by atoms with van der Waals surface area (Å²) in [5.74, 6) is 0. The number of pyridine rings is 1. The molecule has 3 nitrogen and oxygen atoms in total. The van der Waals surface area contributed by atoms with E-state index in [0.29, 0.717) is 0 Å². The molecule has 202 valence electrons. The Hall–Kier alpha value is -5.45. The van der Waals surface area contributed by atoms with Gasteiger partial charge in [0.05, 0.1) is 16.6 Å². The molecule has 0 aliphatic carbocycles. The average molecular weight is 569 g/mol. The first-order chi connectivity index (χ1) is 21.3. The van der Waals surface area contributed by atoms with Crippen molar-refractivity contribution in [2.24, 2.45) is 0 Å². The average Bonchev–Trinajstić information content (AvgIpc) is 3.65. The summed E-state index contributed by atoms with van der Waals surface area (Å²) >= 11 is 1.84. The van der Waals surface area contributed by atoms with Crippen LogP contribution in [-0.4, -0.2) is 4.98 Å². The number of furan rings is 1. The van der Waals surface area contributed by atoms with Crippen LogP contribution in [0.4, 0.5) is 17.1 Å². The third-order valence-corrected chi connectivity index (χ3v) is 9.46. The highest BCUT2D eigenvalue weighted by atomic mass is 32.1. The Bertz CT molecular complexity index is 2460. The molecule has 0 spiro atoms. The van der Waals surface area contributed by atoms with Crippen LogP contribution in [0.15, 0.2) is 150 Å². The highest BCUT2D eigenvalue weighted by molar-refractivity contribution is 7.25. The van der Waals surface area contributed by atoms with E-state index in [1.54, 1.807) is 0 Å². The van der Waals surface area contributed by atoms with Crippen molar-refractivity contribution in [2.45, 2.75) is 0 Å². The number of anilines is 3. The fourth-order valence-corrected chi connectivity index (χ4v) is 7.38. The lowest BCUT2D eigenvalue weighted by Gasteiger charge is -2.26. The van der Waals surface area contributed by atoms with Crippen molar-refractivity contribution in [3.63, 3.8) is 0 Å². The summed E-state index contributed by atoms with van der Waals surface area (Å²) in [4.78, 5) is 7.17. The molecule has 0 saturated carbocycles. The molecule has 4 heteroatoms. The molecule has 9 rings (SSSR count). The number of hydrogen-bond donors (Lipinski definition) is 0. The molecule has 6 aromatic carbocycles. The first-order valence-corrected chi connectivity index (χ1v) is 15.2. The molecular weight excluding hydrogens is 545 g/mol. The van der Waals surface area contributed by atoms with Crippen molar-refractivity contribution in [3.8, 4) is 11.1 Å². The van der Waals surface area contributed by atoms with E-state index in [9.17, 15) is 0 Å². The van der Waals surface area contributed by atoms with Crippen LogP contribution in [0, 0.1) is 0 Å². The Kier molecular flexibility index (Phi) is 5.37. The highest BCUT2D eigenvalue weighted by Crippen LogP contribution is 2.45. The van der Waals surface area contributed by atoms with Crippen LogP contribution in [0.5, 0.6) is 0 Å². The van der Waals surface area contributed by atoms with Gasteiger partial charge in [0.2, 0.25) is 0 Å². The third kappa shape index (κ3) is 3.84. The van der Waals surface area contributed by atoms with Crippen molar-refractivity contribution in [2.75, 3.05) is 4.90 Å². The summed E-state index contributed by atoms with van der Waals surface area (Å²) < 4.78 is 9.14. The SMILES string of the molecule is c1ccc(-c2ccc(N(c3ccc4sc5ccccc5c4c3)c3cccc4oc5c6ccccc6ncc5c34)cc2)cc1. The van der Waals surface area contributed by atoms with Crippen LogP contribution in [0.25, 0.3) is 64.1 Å². The van der Waals surface area contributed by atoms with Crippen molar-refractivity contribution < 1.29 is 4.42 Å². The second-order valence-electron chi connectivity index (χ2n) is 10.8. The normalized spacial score (nSPS) is 11.7. The van der Waals surface area contributed by atoms with E-state index >= 15 is 0 Å². The van der Waals surface area contributed by atoms with Gasteiger partial charge >= 0.3 is 0 Å². The predicted molar refractivity (Wildman–Crippen MR) is 182 cm³/mol. The van der Waals surface area contributed by atoms with Crippen LogP contribution in [0.3, 0.4) is 0 Å². The molecule has 43 heavy (non-hydrogen) atoms. The second kappa shape index (κ2) is 9.55. The molecule has 0 amide bonds. The lowest BCUT2D eigenvalue weighted by atomic mass is 10.0. The smallest absolute Gasteiger partial charge is 0.146 e. The molecule has 3 aromatic heterocycles. The number of fused-ring (bicyclic) bond motifs is 8.